The molecule has 68 heavy (non-hydrogen) atoms. The molecule has 2 N–H and O–H groups in total. The Morgan fingerprint density at radius 1 is 0.265 bits per heavy atom. The molecule has 11 aromatic carbocycles. The Bertz CT molecular complexity index is 3960. The van der Waals surface area contributed by atoms with Crippen LogP contribution in [0.3, 0.4) is 0 Å². The van der Waals surface area contributed by atoms with Crippen molar-refractivity contribution in [1.29, 1.82) is 0 Å². The van der Waals surface area contributed by atoms with Gasteiger partial charge in [0.1, 0.15) is 0 Å². The number of hydrogen-bond acceptors (Lipinski definition) is 6. The molecule has 0 heterocycles. The second kappa shape index (κ2) is 13.3. The minimum Gasteiger partial charge on any atom is -0.354 e. The minimum absolute atomic E-state index is 0.184. The zero-order valence-corrected chi connectivity index (χ0v) is 36.2. The zero-order chi connectivity index (χ0) is 45.1. The summed E-state index contributed by atoms with van der Waals surface area (Å²) in [4.78, 5) is 57.5. The Hall–Kier alpha value is -9.00. The molecule has 0 fully saturated rings. The molecule has 4 aliphatic carbocycles. The molecule has 0 amide bonds. The van der Waals surface area contributed by atoms with Gasteiger partial charge in [0.15, 0.2) is 23.1 Å². The van der Waals surface area contributed by atoms with Crippen LogP contribution in [0, 0.1) is 0 Å². The largest absolute Gasteiger partial charge is 0.354 e. The number of benzene rings is 11. The predicted molar refractivity (Wildman–Crippen MR) is 270 cm³/mol. The first kappa shape index (κ1) is 37.2. The van der Waals surface area contributed by atoms with Crippen molar-refractivity contribution >= 4 is 89.0 Å². The van der Waals surface area contributed by atoms with Gasteiger partial charge in [0.2, 0.25) is 0 Å². The number of rotatable bonds is 4. The van der Waals surface area contributed by atoms with Gasteiger partial charge in [0.25, 0.3) is 0 Å². The Balaban J connectivity index is 1.09. The highest BCUT2D eigenvalue weighted by atomic mass is 16.1. The molecule has 0 unspecified atom stereocenters. The van der Waals surface area contributed by atoms with Crippen molar-refractivity contribution in [2.24, 2.45) is 0 Å². The van der Waals surface area contributed by atoms with Crippen LogP contribution >= 0.6 is 0 Å². The van der Waals surface area contributed by atoms with Gasteiger partial charge < -0.3 is 10.6 Å². The van der Waals surface area contributed by atoms with E-state index < -0.39 is 0 Å². The van der Waals surface area contributed by atoms with Gasteiger partial charge in [-0.15, -0.1) is 0 Å². The molecule has 0 saturated heterocycles. The fourth-order valence-electron chi connectivity index (χ4n) is 12.2. The molecule has 0 aromatic heterocycles. The van der Waals surface area contributed by atoms with Gasteiger partial charge >= 0.3 is 0 Å². The first-order valence-electron chi connectivity index (χ1n) is 23.0. The lowest BCUT2D eigenvalue weighted by molar-refractivity contribution is 0.0979. The van der Waals surface area contributed by atoms with Crippen molar-refractivity contribution in [3.8, 4) is 22.3 Å². The van der Waals surface area contributed by atoms with Crippen LogP contribution in [0.1, 0.15) is 85.9 Å². The molecule has 0 atom stereocenters. The molecule has 0 spiro atoms. The lowest BCUT2D eigenvalue weighted by atomic mass is 9.76. The molecule has 6 nitrogen and oxygen atoms in total. The molecule has 4 aliphatic rings. The normalized spacial score (nSPS) is 13.9. The Morgan fingerprint density at radius 3 is 1.06 bits per heavy atom. The Labute approximate surface area is 388 Å². The monoisotopic (exact) mass is 870 g/mol. The molecule has 0 saturated carbocycles. The van der Waals surface area contributed by atoms with Crippen molar-refractivity contribution in [2.75, 3.05) is 10.6 Å². The van der Waals surface area contributed by atoms with E-state index in [2.05, 4.69) is 95.6 Å². The molecule has 0 radical (unpaired) electrons. The highest BCUT2D eigenvalue weighted by Crippen LogP contribution is 2.55. The second-order valence-electron chi connectivity index (χ2n) is 18.5. The predicted octanol–water partition coefficient (Wildman–Crippen LogP) is 13.9. The van der Waals surface area contributed by atoms with Crippen molar-refractivity contribution < 1.29 is 19.2 Å². The van der Waals surface area contributed by atoms with E-state index >= 15 is 0 Å². The Morgan fingerprint density at radius 2 is 0.632 bits per heavy atom. The number of carbonyl (C=O) groups is 4. The van der Waals surface area contributed by atoms with Crippen LogP contribution in [0.25, 0.3) is 65.3 Å². The fourth-order valence-corrected chi connectivity index (χ4v) is 12.2. The van der Waals surface area contributed by atoms with Crippen LogP contribution in [0.15, 0.2) is 170 Å². The van der Waals surface area contributed by atoms with Gasteiger partial charge in [-0.25, -0.2) is 0 Å². The highest BCUT2D eigenvalue weighted by Gasteiger charge is 2.35. The van der Waals surface area contributed by atoms with Crippen molar-refractivity contribution in [3.63, 3.8) is 0 Å². The van der Waals surface area contributed by atoms with Gasteiger partial charge in [-0.3, -0.25) is 19.2 Å². The van der Waals surface area contributed by atoms with E-state index in [4.69, 9.17) is 0 Å². The van der Waals surface area contributed by atoms with Gasteiger partial charge in [-0.05, 0) is 103 Å². The maximum Gasteiger partial charge on any atom is 0.196 e. The van der Waals surface area contributed by atoms with Gasteiger partial charge in [0, 0.05) is 66.3 Å². The topological polar surface area (TPSA) is 92.3 Å². The van der Waals surface area contributed by atoms with E-state index in [9.17, 15) is 19.2 Å². The van der Waals surface area contributed by atoms with Crippen LogP contribution in [0.4, 0.5) is 22.7 Å². The van der Waals surface area contributed by atoms with E-state index in [-0.39, 0.29) is 23.1 Å². The molecule has 15 rings (SSSR count). The van der Waals surface area contributed by atoms with Crippen LogP contribution in [0.5, 0.6) is 0 Å². The maximum atomic E-state index is 14.6. The van der Waals surface area contributed by atoms with Gasteiger partial charge in [0.05, 0.1) is 22.5 Å². The number of hydrogen-bond donors (Lipinski definition) is 2. The second-order valence-corrected chi connectivity index (χ2v) is 18.5. The third kappa shape index (κ3) is 4.80. The molecular formula is C62H34N2O4. The number of anilines is 4. The maximum absolute atomic E-state index is 14.6. The first-order valence-corrected chi connectivity index (χ1v) is 23.0. The number of ketones is 4. The molecule has 0 bridgehead atoms. The summed E-state index contributed by atoms with van der Waals surface area (Å²) in [6.07, 6.45) is 1.54. The molecule has 0 aliphatic heterocycles. The molecule has 316 valence electrons. The third-order valence-corrected chi connectivity index (χ3v) is 15.1. The number of nitrogens with one attached hydrogen (secondary N) is 2. The summed E-state index contributed by atoms with van der Waals surface area (Å²) < 4.78 is 0. The molecule has 11 aromatic rings. The molecule has 6 heteroatoms. The van der Waals surface area contributed by atoms with Crippen molar-refractivity contribution in [3.05, 3.63) is 237 Å². The van der Waals surface area contributed by atoms with E-state index in [0.29, 0.717) is 55.9 Å². The highest BCUT2D eigenvalue weighted by molar-refractivity contribution is 6.41. The number of carbonyl (C=O) groups excluding carboxylic acids is 4. The lowest BCUT2D eigenvalue weighted by Gasteiger charge is -2.30. The van der Waals surface area contributed by atoms with Crippen molar-refractivity contribution in [2.45, 2.75) is 12.8 Å². The smallest absolute Gasteiger partial charge is 0.196 e. The summed E-state index contributed by atoms with van der Waals surface area (Å²) in [7, 11) is 0. The number of fused-ring (bicyclic) bond motifs is 10. The van der Waals surface area contributed by atoms with Crippen LogP contribution in [-0.2, 0) is 12.8 Å². The summed E-state index contributed by atoms with van der Waals surface area (Å²) >= 11 is 0. The van der Waals surface area contributed by atoms with Crippen LogP contribution in [-0.4, -0.2) is 23.1 Å². The van der Waals surface area contributed by atoms with E-state index in [1.54, 1.807) is 60.7 Å². The first-order chi connectivity index (χ1) is 33.4. The van der Waals surface area contributed by atoms with Gasteiger partial charge in [-0.2, -0.15) is 0 Å². The minimum atomic E-state index is -0.207. The molecular weight excluding hydrogens is 837 g/mol. The SMILES string of the molecule is O=C1c2ccccc2C(=O)c2c(Nc3cc4c5c(ccc6c7ccc8c9c(cc(Nc%10cccc%11c%10C(=O)c%10ccccc%10C%11=O)c(c3c56)c97)-c3ccccc3C8)Cc3ccccc3-4)cccc21. The average molecular weight is 871 g/mol. The summed E-state index contributed by atoms with van der Waals surface area (Å²) in [5.41, 5.74) is 15.0. The van der Waals surface area contributed by atoms with E-state index in [0.717, 1.165) is 78.8 Å². The van der Waals surface area contributed by atoms with Crippen LogP contribution in [0.2, 0.25) is 0 Å². The lowest BCUT2D eigenvalue weighted by Crippen LogP contribution is -2.22. The fraction of sp³-hybridized carbons (Fsp3) is 0.0323. The summed E-state index contributed by atoms with van der Waals surface area (Å²) in [6.45, 7) is 0. The summed E-state index contributed by atoms with van der Waals surface area (Å²) in [5.74, 6) is -0.781. The van der Waals surface area contributed by atoms with Crippen LogP contribution < -0.4 is 10.6 Å². The third-order valence-electron chi connectivity index (χ3n) is 15.1. The van der Waals surface area contributed by atoms with E-state index in [1.165, 1.54) is 33.0 Å². The quantitative estimate of drug-likeness (QED) is 0.135. The summed E-state index contributed by atoms with van der Waals surface area (Å²) in [5, 5.41) is 16.3. The summed E-state index contributed by atoms with van der Waals surface area (Å²) in [6, 6.07) is 55.8. The zero-order valence-electron chi connectivity index (χ0n) is 36.2. The average Bonchev–Trinajstić information content (AvgIpc) is 3.38. The van der Waals surface area contributed by atoms with E-state index in [1.807, 2.05) is 24.3 Å². The standard InChI is InChI=1S/C62H34N2O4/c65-59-39-15-5-7-17-41(39)61(67)53-43(59)19-9-21-47(53)63-49-29-45-35-13-3-1-11-31(35)27-33-23-25-37-38-26-24-34-28-32-12-2-4-14-36(32)46-30-50(58(56(38)52(34)46)57(49)55(37)51(33)45)64-48-22-10-20-44-54(48)62(68)42-18-8-6-16-40(42)60(44)66/h1-26,29-30,63-64H,27-28H2. The van der Waals surface area contributed by atoms with Crippen molar-refractivity contribution in [1.82, 2.24) is 0 Å². The Kier molecular flexibility index (Phi) is 7.29. The van der Waals surface area contributed by atoms with Gasteiger partial charge in [-0.1, -0.05) is 146 Å².